The quantitative estimate of drug-likeness (QED) is 0.761. The van der Waals surface area contributed by atoms with Gasteiger partial charge < -0.3 is 14.8 Å². The third kappa shape index (κ3) is 5.49. The number of amides is 1. The Bertz CT molecular complexity index is 673. The molecule has 1 N–H and O–H groups in total. The molecule has 122 valence electrons. The molecule has 5 heteroatoms. The number of carbonyl (C=O) groups excluding carboxylic acids is 1. The summed E-state index contributed by atoms with van der Waals surface area (Å²) in [6, 6.07) is 13.0. The summed E-state index contributed by atoms with van der Waals surface area (Å²) in [4.78, 5) is 11.9. The van der Waals surface area contributed by atoms with Crippen LogP contribution in [0.3, 0.4) is 0 Å². The minimum absolute atomic E-state index is 0.0703. The third-order valence-electron chi connectivity index (χ3n) is 3.24. The van der Waals surface area contributed by atoms with Gasteiger partial charge in [0.25, 0.3) is 0 Å². The van der Waals surface area contributed by atoms with Crippen LogP contribution in [0.1, 0.15) is 18.4 Å². The van der Waals surface area contributed by atoms with Crippen molar-refractivity contribution in [2.24, 2.45) is 0 Å². The lowest BCUT2D eigenvalue weighted by Crippen LogP contribution is -2.12. The maximum atomic E-state index is 11.9. The number of rotatable bonds is 7. The number of methoxy groups -OCH3 is 1. The highest BCUT2D eigenvalue weighted by molar-refractivity contribution is 6.32. The molecule has 2 rings (SSSR count). The van der Waals surface area contributed by atoms with E-state index in [1.807, 2.05) is 31.2 Å². The van der Waals surface area contributed by atoms with Crippen LogP contribution >= 0.6 is 11.6 Å². The van der Waals surface area contributed by atoms with Gasteiger partial charge in [-0.25, -0.2) is 0 Å². The van der Waals surface area contributed by atoms with E-state index in [4.69, 9.17) is 21.1 Å². The molecule has 2 aromatic rings. The second-order valence-corrected chi connectivity index (χ2v) is 5.57. The van der Waals surface area contributed by atoms with Crippen LogP contribution in [0.5, 0.6) is 11.5 Å². The van der Waals surface area contributed by atoms with Crippen LogP contribution in [0.2, 0.25) is 5.02 Å². The number of halogens is 1. The van der Waals surface area contributed by atoms with E-state index in [2.05, 4.69) is 5.32 Å². The van der Waals surface area contributed by atoms with Crippen LogP contribution in [0.4, 0.5) is 5.69 Å². The van der Waals surface area contributed by atoms with Crippen molar-refractivity contribution in [1.29, 1.82) is 0 Å². The number of anilines is 1. The van der Waals surface area contributed by atoms with Crippen LogP contribution in [-0.2, 0) is 4.79 Å². The van der Waals surface area contributed by atoms with Crippen LogP contribution in [-0.4, -0.2) is 19.6 Å². The Kier molecular flexibility index (Phi) is 6.29. The lowest BCUT2D eigenvalue weighted by atomic mass is 10.2. The number of aryl methyl sites for hydroxylation is 1. The molecule has 0 spiro atoms. The summed E-state index contributed by atoms with van der Waals surface area (Å²) >= 11 is 6.02. The van der Waals surface area contributed by atoms with E-state index < -0.39 is 0 Å². The van der Waals surface area contributed by atoms with E-state index in [-0.39, 0.29) is 5.91 Å². The summed E-state index contributed by atoms with van der Waals surface area (Å²) in [6.07, 6.45) is 1.03. The summed E-state index contributed by atoms with van der Waals surface area (Å²) in [6.45, 7) is 2.51. The predicted molar refractivity (Wildman–Crippen MR) is 92.5 cm³/mol. The maximum absolute atomic E-state index is 11.9. The first kappa shape index (κ1) is 17.2. The van der Waals surface area contributed by atoms with Crippen molar-refractivity contribution in [2.75, 3.05) is 19.0 Å². The molecule has 0 aliphatic heterocycles. The normalized spacial score (nSPS) is 10.2. The maximum Gasteiger partial charge on any atom is 0.224 e. The second-order valence-electron chi connectivity index (χ2n) is 5.17. The van der Waals surface area contributed by atoms with Gasteiger partial charge in [-0.2, -0.15) is 0 Å². The lowest BCUT2D eigenvalue weighted by molar-refractivity contribution is -0.116. The van der Waals surface area contributed by atoms with Gasteiger partial charge in [0, 0.05) is 12.1 Å². The Hall–Kier alpha value is -2.20. The van der Waals surface area contributed by atoms with Gasteiger partial charge in [-0.05, 0) is 49.2 Å². The Morgan fingerprint density at radius 3 is 2.74 bits per heavy atom. The molecule has 0 radical (unpaired) electrons. The molecule has 0 unspecified atom stereocenters. The highest BCUT2D eigenvalue weighted by Crippen LogP contribution is 2.27. The van der Waals surface area contributed by atoms with Gasteiger partial charge in [-0.3, -0.25) is 4.79 Å². The molecule has 4 nitrogen and oxygen atoms in total. The fourth-order valence-corrected chi connectivity index (χ4v) is 2.35. The number of hydrogen-bond acceptors (Lipinski definition) is 3. The molecule has 0 saturated heterocycles. The van der Waals surface area contributed by atoms with E-state index in [1.54, 1.807) is 25.3 Å². The van der Waals surface area contributed by atoms with Crippen LogP contribution in [0.25, 0.3) is 0 Å². The molecular weight excluding hydrogens is 314 g/mol. The first-order chi connectivity index (χ1) is 11.1. The molecule has 0 atom stereocenters. The Morgan fingerprint density at radius 1 is 1.22 bits per heavy atom. The molecule has 0 aliphatic rings. The van der Waals surface area contributed by atoms with E-state index in [9.17, 15) is 4.79 Å². The smallest absolute Gasteiger partial charge is 0.224 e. The van der Waals surface area contributed by atoms with Crippen molar-refractivity contribution in [2.45, 2.75) is 19.8 Å². The van der Waals surface area contributed by atoms with E-state index in [1.165, 1.54) is 0 Å². The number of benzene rings is 2. The largest absolute Gasteiger partial charge is 0.495 e. The minimum atomic E-state index is -0.0703. The average Bonchev–Trinajstić information content (AvgIpc) is 2.52. The molecule has 0 aromatic heterocycles. The summed E-state index contributed by atoms with van der Waals surface area (Å²) < 4.78 is 10.7. The summed E-state index contributed by atoms with van der Waals surface area (Å²) in [7, 11) is 1.55. The fourth-order valence-electron chi connectivity index (χ4n) is 2.10. The molecule has 0 aliphatic carbocycles. The van der Waals surface area contributed by atoms with Crippen molar-refractivity contribution in [3.05, 3.63) is 53.1 Å². The van der Waals surface area contributed by atoms with Crippen molar-refractivity contribution in [3.8, 4) is 11.5 Å². The average molecular weight is 334 g/mol. The summed E-state index contributed by atoms with van der Waals surface area (Å²) in [5.74, 6) is 1.34. The first-order valence-electron chi connectivity index (χ1n) is 7.41. The van der Waals surface area contributed by atoms with Gasteiger partial charge in [0.1, 0.15) is 11.5 Å². The molecule has 2 aromatic carbocycles. The molecule has 23 heavy (non-hydrogen) atoms. The summed E-state index contributed by atoms with van der Waals surface area (Å²) in [5, 5.41) is 3.27. The van der Waals surface area contributed by atoms with Crippen molar-refractivity contribution >= 4 is 23.2 Å². The SMILES string of the molecule is COc1ccc(NC(=O)CCCOc2cccc(C)c2)cc1Cl. The zero-order valence-corrected chi connectivity index (χ0v) is 14.0. The highest BCUT2D eigenvalue weighted by atomic mass is 35.5. The number of hydrogen-bond donors (Lipinski definition) is 1. The molecule has 0 fully saturated rings. The monoisotopic (exact) mass is 333 g/mol. The van der Waals surface area contributed by atoms with Gasteiger partial charge in [-0.1, -0.05) is 23.7 Å². The van der Waals surface area contributed by atoms with Crippen molar-refractivity contribution in [3.63, 3.8) is 0 Å². The van der Waals surface area contributed by atoms with E-state index >= 15 is 0 Å². The molecule has 1 amide bonds. The minimum Gasteiger partial charge on any atom is -0.495 e. The Balaban J connectivity index is 1.74. The van der Waals surface area contributed by atoms with Gasteiger partial charge in [0.15, 0.2) is 0 Å². The van der Waals surface area contributed by atoms with Crippen molar-refractivity contribution in [1.82, 2.24) is 0 Å². The zero-order chi connectivity index (χ0) is 16.7. The number of nitrogens with one attached hydrogen (secondary N) is 1. The van der Waals surface area contributed by atoms with Gasteiger partial charge in [0.05, 0.1) is 18.7 Å². The predicted octanol–water partition coefficient (Wildman–Crippen LogP) is 4.45. The fraction of sp³-hybridized carbons (Fsp3) is 0.278. The van der Waals surface area contributed by atoms with Gasteiger partial charge >= 0.3 is 0 Å². The number of ether oxygens (including phenoxy) is 2. The first-order valence-corrected chi connectivity index (χ1v) is 7.79. The van der Waals surface area contributed by atoms with E-state index in [0.29, 0.717) is 35.9 Å². The van der Waals surface area contributed by atoms with Gasteiger partial charge in [0.2, 0.25) is 5.91 Å². The topological polar surface area (TPSA) is 47.6 Å². The Morgan fingerprint density at radius 2 is 2.04 bits per heavy atom. The Labute approximate surface area is 141 Å². The third-order valence-corrected chi connectivity index (χ3v) is 3.54. The second kappa shape index (κ2) is 8.44. The summed E-state index contributed by atoms with van der Waals surface area (Å²) in [5.41, 5.74) is 1.80. The molecule has 0 bridgehead atoms. The zero-order valence-electron chi connectivity index (χ0n) is 13.3. The standard InChI is InChI=1S/C18H20ClNO3/c1-13-5-3-6-15(11-13)23-10-4-7-18(21)20-14-8-9-17(22-2)16(19)12-14/h3,5-6,8-9,11-12H,4,7,10H2,1-2H3,(H,20,21). The van der Waals surface area contributed by atoms with Crippen LogP contribution in [0.15, 0.2) is 42.5 Å². The van der Waals surface area contributed by atoms with Crippen LogP contribution in [0, 0.1) is 6.92 Å². The van der Waals surface area contributed by atoms with E-state index in [0.717, 1.165) is 11.3 Å². The van der Waals surface area contributed by atoms with Crippen molar-refractivity contribution < 1.29 is 14.3 Å². The lowest BCUT2D eigenvalue weighted by Gasteiger charge is -2.09. The highest BCUT2D eigenvalue weighted by Gasteiger charge is 2.06. The molecule has 0 saturated carbocycles. The van der Waals surface area contributed by atoms with Gasteiger partial charge in [-0.15, -0.1) is 0 Å². The molecular formula is C18H20ClNO3. The molecule has 0 heterocycles. The number of carbonyl (C=O) groups is 1. The van der Waals surface area contributed by atoms with Crippen LogP contribution < -0.4 is 14.8 Å².